The zero-order valence-electron chi connectivity index (χ0n) is 14.2. The molecule has 0 aliphatic heterocycles. The van der Waals surface area contributed by atoms with E-state index in [1.165, 1.54) is 11.1 Å². The molecule has 0 heterocycles. The van der Waals surface area contributed by atoms with Crippen molar-refractivity contribution >= 4 is 11.7 Å². The smallest absolute Gasteiger partial charge is 0.319 e. The molecule has 0 saturated heterocycles. The predicted molar refractivity (Wildman–Crippen MR) is 94.3 cm³/mol. The average Bonchev–Trinajstić information content (AvgIpc) is 2.51. The Morgan fingerprint density at radius 1 is 0.957 bits per heavy atom. The number of hydrogen-bond acceptors (Lipinski definition) is 2. The third kappa shape index (κ3) is 5.02. The molecule has 0 fully saturated rings. The molecule has 2 N–H and O–H groups in total. The van der Waals surface area contributed by atoms with Crippen LogP contribution in [0.2, 0.25) is 0 Å². The van der Waals surface area contributed by atoms with Crippen molar-refractivity contribution in [1.29, 1.82) is 0 Å². The molecule has 2 aromatic carbocycles. The van der Waals surface area contributed by atoms with Crippen molar-refractivity contribution in [2.45, 2.75) is 27.7 Å². The van der Waals surface area contributed by atoms with Crippen LogP contribution >= 0.6 is 0 Å². The van der Waals surface area contributed by atoms with E-state index in [9.17, 15) is 4.79 Å². The fraction of sp³-hybridized carbons (Fsp3) is 0.316. The highest BCUT2D eigenvalue weighted by molar-refractivity contribution is 5.89. The van der Waals surface area contributed by atoms with Crippen molar-refractivity contribution in [1.82, 2.24) is 5.32 Å². The number of ether oxygens (including phenoxy) is 1. The summed E-state index contributed by atoms with van der Waals surface area (Å²) in [7, 11) is 0. The van der Waals surface area contributed by atoms with Gasteiger partial charge in [-0.15, -0.1) is 0 Å². The zero-order valence-corrected chi connectivity index (χ0v) is 14.2. The minimum absolute atomic E-state index is 0.228. The Morgan fingerprint density at radius 2 is 1.61 bits per heavy atom. The summed E-state index contributed by atoms with van der Waals surface area (Å²) in [6.45, 7) is 9.07. The van der Waals surface area contributed by atoms with Crippen LogP contribution in [-0.4, -0.2) is 19.2 Å². The molecule has 0 spiro atoms. The van der Waals surface area contributed by atoms with Crippen LogP contribution in [0.15, 0.2) is 36.4 Å². The largest absolute Gasteiger partial charge is 0.491 e. The number of anilines is 1. The lowest BCUT2D eigenvalue weighted by Crippen LogP contribution is -2.32. The van der Waals surface area contributed by atoms with Crippen molar-refractivity contribution < 1.29 is 9.53 Å². The lowest BCUT2D eigenvalue weighted by Gasteiger charge is -2.12. The molecular formula is C19H24N2O2. The van der Waals surface area contributed by atoms with Gasteiger partial charge in [-0.2, -0.15) is 0 Å². The third-order valence-corrected chi connectivity index (χ3v) is 3.75. The first-order valence-electron chi connectivity index (χ1n) is 7.78. The van der Waals surface area contributed by atoms with Crippen LogP contribution in [0, 0.1) is 27.7 Å². The maximum atomic E-state index is 11.8. The molecular weight excluding hydrogens is 288 g/mol. The molecule has 0 unspecified atom stereocenters. The number of carbonyl (C=O) groups is 1. The van der Waals surface area contributed by atoms with Gasteiger partial charge < -0.3 is 15.4 Å². The minimum atomic E-state index is -0.228. The van der Waals surface area contributed by atoms with Gasteiger partial charge in [0.15, 0.2) is 0 Å². The average molecular weight is 312 g/mol. The zero-order chi connectivity index (χ0) is 16.8. The van der Waals surface area contributed by atoms with E-state index in [0.717, 1.165) is 22.6 Å². The minimum Gasteiger partial charge on any atom is -0.491 e. The van der Waals surface area contributed by atoms with Gasteiger partial charge in [-0.25, -0.2) is 4.79 Å². The standard InChI is InChI=1S/C19H24N2O2/c1-13-5-7-17(8-6-13)21-19(22)20-9-10-23-18-12-15(3)14(2)11-16(18)4/h5-8,11-12H,9-10H2,1-4H3,(H2,20,21,22). The van der Waals surface area contributed by atoms with Crippen LogP contribution < -0.4 is 15.4 Å². The van der Waals surface area contributed by atoms with Crippen LogP contribution in [0.1, 0.15) is 22.3 Å². The molecule has 122 valence electrons. The van der Waals surface area contributed by atoms with Gasteiger partial charge >= 0.3 is 6.03 Å². The fourth-order valence-electron chi connectivity index (χ4n) is 2.23. The molecule has 0 aliphatic carbocycles. The molecule has 4 heteroatoms. The Hall–Kier alpha value is -2.49. The maximum Gasteiger partial charge on any atom is 0.319 e. The fourth-order valence-corrected chi connectivity index (χ4v) is 2.23. The summed E-state index contributed by atoms with van der Waals surface area (Å²) in [5.74, 6) is 0.869. The van der Waals surface area contributed by atoms with Crippen LogP contribution in [0.3, 0.4) is 0 Å². The van der Waals surface area contributed by atoms with Crippen molar-refractivity contribution in [2.24, 2.45) is 0 Å². The van der Waals surface area contributed by atoms with Crippen LogP contribution in [0.4, 0.5) is 10.5 Å². The predicted octanol–water partition coefficient (Wildman–Crippen LogP) is 4.12. The number of urea groups is 1. The van der Waals surface area contributed by atoms with Gasteiger partial charge in [0.1, 0.15) is 12.4 Å². The van der Waals surface area contributed by atoms with Crippen LogP contribution in [0.5, 0.6) is 5.75 Å². The molecule has 0 saturated carbocycles. The summed E-state index contributed by atoms with van der Waals surface area (Å²) in [6, 6.07) is 11.6. The molecule has 0 bridgehead atoms. The highest BCUT2D eigenvalue weighted by Gasteiger charge is 2.04. The summed E-state index contributed by atoms with van der Waals surface area (Å²) >= 11 is 0. The Morgan fingerprint density at radius 3 is 2.30 bits per heavy atom. The first-order valence-corrected chi connectivity index (χ1v) is 7.78. The molecule has 23 heavy (non-hydrogen) atoms. The van der Waals surface area contributed by atoms with E-state index < -0.39 is 0 Å². The number of benzene rings is 2. The summed E-state index contributed by atoms with van der Waals surface area (Å²) in [6.07, 6.45) is 0. The maximum absolute atomic E-state index is 11.8. The second kappa shape index (κ2) is 7.68. The molecule has 0 aromatic heterocycles. The summed E-state index contributed by atoms with van der Waals surface area (Å²) < 4.78 is 5.75. The number of amides is 2. The van der Waals surface area contributed by atoms with Crippen LogP contribution in [-0.2, 0) is 0 Å². The lowest BCUT2D eigenvalue weighted by atomic mass is 10.1. The van der Waals surface area contributed by atoms with E-state index in [2.05, 4.69) is 30.5 Å². The molecule has 2 rings (SSSR count). The monoisotopic (exact) mass is 312 g/mol. The summed E-state index contributed by atoms with van der Waals surface area (Å²) in [5.41, 5.74) is 5.51. The highest BCUT2D eigenvalue weighted by atomic mass is 16.5. The van der Waals surface area contributed by atoms with E-state index >= 15 is 0 Å². The molecule has 4 nitrogen and oxygen atoms in total. The van der Waals surface area contributed by atoms with E-state index in [1.54, 1.807) is 0 Å². The Bertz CT molecular complexity index is 679. The number of carbonyl (C=O) groups excluding carboxylic acids is 1. The van der Waals surface area contributed by atoms with Gasteiger partial charge in [-0.1, -0.05) is 23.8 Å². The quantitative estimate of drug-likeness (QED) is 0.816. The van der Waals surface area contributed by atoms with Gasteiger partial charge in [0.2, 0.25) is 0 Å². The summed E-state index contributed by atoms with van der Waals surface area (Å²) in [4.78, 5) is 11.8. The van der Waals surface area contributed by atoms with E-state index in [4.69, 9.17) is 4.74 Å². The Labute approximate surface area is 137 Å². The van der Waals surface area contributed by atoms with Gasteiger partial charge in [-0.3, -0.25) is 0 Å². The first kappa shape index (κ1) is 16.9. The number of nitrogens with one attached hydrogen (secondary N) is 2. The third-order valence-electron chi connectivity index (χ3n) is 3.75. The second-order valence-electron chi connectivity index (χ2n) is 5.80. The van der Waals surface area contributed by atoms with Crippen molar-refractivity contribution in [3.8, 4) is 5.75 Å². The van der Waals surface area contributed by atoms with Crippen LogP contribution in [0.25, 0.3) is 0 Å². The molecule has 2 aromatic rings. The van der Waals surface area contributed by atoms with Crippen molar-refractivity contribution in [2.75, 3.05) is 18.5 Å². The van der Waals surface area contributed by atoms with Crippen molar-refractivity contribution in [3.05, 3.63) is 58.7 Å². The lowest BCUT2D eigenvalue weighted by molar-refractivity contribution is 0.247. The van der Waals surface area contributed by atoms with E-state index in [0.29, 0.717) is 13.2 Å². The highest BCUT2D eigenvalue weighted by Crippen LogP contribution is 2.22. The first-order chi connectivity index (χ1) is 11.0. The number of hydrogen-bond donors (Lipinski definition) is 2. The number of aryl methyl sites for hydroxylation is 4. The van der Waals surface area contributed by atoms with E-state index in [1.807, 2.05) is 44.2 Å². The van der Waals surface area contributed by atoms with E-state index in [-0.39, 0.29) is 6.03 Å². The molecule has 2 amide bonds. The SMILES string of the molecule is Cc1ccc(NC(=O)NCCOc2cc(C)c(C)cc2C)cc1. The number of rotatable bonds is 5. The van der Waals surface area contributed by atoms with Gasteiger partial charge in [-0.05, 0) is 62.6 Å². The summed E-state index contributed by atoms with van der Waals surface area (Å²) in [5, 5.41) is 5.58. The molecule has 0 radical (unpaired) electrons. The van der Waals surface area contributed by atoms with Gasteiger partial charge in [0.25, 0.3) is 0 Å². The Kier molecular flexibility index (Phi) is 5.63. The topological polar surface area (TPSA) is 50.4 Å². The molecule has 0 atom stereocenters. The van der Waals surface area contributed by atoms with Crippen molar-refractivity contribution in [3.63, 3.8) is 0 Å². The van der Waals surface area contributed by atoms with Gasteiger partial charge in [0, 0.05) is 5.69 Å². The Balaban J connectivity index is 1.76. The normalized spacial score (nSPS) is 10.3. The molecule has 0 aliphatic rings. The second-order valence-corrected chi connectivity index (χ2v) is 5.80. The van der Waals surface area contributed by atoms with Gasteiger partial charge in [0.05, 0.1) is 6.54 Å².